The molecule has 0 saturated carbocycles. The van der Waals surface area contributed by atoms with Gasteiger partial charge in [-0.25, -0.2) is 0 Å². The van der Waals surface area contributed by atoms with E-state index in [9.17, 15) is 13.2 Å². The van der Waals surface area contributed by atoms with Crippen molar-refractivity contribution in [2.45, 2.75) is 6.18 Å². The van der Waals surface area contributed by atoms with Crippen molar-refractivity contribution < 1.29 is 27.4 Å². The van der Waals surface area contributed by atoms with E-state index in [4.69, 9.17) is 9.47 Å². The lowest BCUT2D eigenvalue weighted by atomic mass is 10.2. The minimum Gasteiger partial charge on any atom is -0.497 e. The Bertz CT molecular complexity index is 396. The van der Waals surface area contributed by atoms with Crippen LogP contribution < -0.4 is 14.8 Å². The normalized spacial score (nSPS) is 11.2. The van der Waals surface area contributed by atoms with E-state index in [2.05, 4.69) is 10.1 Å². The number of rotatable bonds is 7. The van der Waals surface area contributed by atoms with E-state index in [1.54, 1.807) is 18.2 Å². The molecule has 1 rings (SSSR count). The van der Waals surface area contributed by atoms with Crippen LogP contribution in [0.1, 0.15) is 0 Å². The summed E-state index contributed by atoms with van der Waals surface area (Å²) in [7, 11) is 3.03. The number of halogens is 3. The number of methoxy groups -OCH3 is 2. The maximum absolute atomic E-state index is 11.8. The second kappa shape index (κ2) is 7.08. The van der Waals surface area contributed by atoms with Gasteiger partial charge in [-0.15, -0.1) is 0 Å². The van der Waals surface area contributed by atoms with Gasteiger partial charge in [0.15, 0.2) is 0 Å². The van der Waals surface area contributed by atoms with Gasteiger partial charge in [0.25, 0.3) is 0 Å². The van der Waals surface area contributed by atoms with Crippen molar-refractivity contribution >= 4 is 5.69 Å². The van der Waals surface area contributed by atoms with E-state index in [1.165, 1.54) is 14.2 Å². The van der Waals surface area contributed by atoms with Gasteiger partial charge in [0.05, 0.1) is 26.5 Å². The molecule has 19 heavy (non-hydrogen) atoms. The predicted octanol–water partition coefficient (Wildman–Crippen LogP) is 2.69. The molecule has 0 fully saturated rings. The van der Waals surface area contributed by atoms with Gasteiger partial charge in [-0.2, -0.15) is 13.2 Å². The fourth-order valence-corrected chi connectivity index (χ4v) is 1.39. The molecule has 0 aliphatic heterocycles. The van der Waals surface area contributed by atoms with Crippen LogP contribution in [0.25, 0.3) is 0 Å². The van der Waals surface area contributed by atoms with E-state index in [-0.39, 0.29) is 13.2 Å². The van der Waals surface area contributed by atoms with Crippen molar-refractivity contribution in [3.63, 3.8) is 0 Å². The molecule has 108 valence electrons. The number of anilines is 1. The van der Waals surface area contributed by atoms with Crippen molar-refractivity contribution in [2.75, 3.05) is 39.3 Å². The van der Waals surface area contributed by atoms with Crippen LogP contribution in [0.2, 0.25) is 0 Å². The average Bonchev–Trinajstić information content (AvgIpc) is 2.37. The molecule has 0 amide bonds. The van der Waals surface area contributed by atoms with Gasteiger partial charge in [-0.1, -0.05) is 0 Å². The van der Waals surface area contributed by atoms with Crippen molar-refractivity contribution in [2.24, 2.45) is 0 Å². The van der Waals surface area contributed by atoms with Crippen LogP contribution in [-0.4, -0.2) is 40.2 Å². The number of hydrogen-bond donors (Lipinski definition) is 1. The Kier molecular flexibility index (Phi) is 5.75. The average molecular weight is 279 g/mol. The van der Waals surface area contributed by atoms with Gasteiger partial charge in [0, 0.05) is 12.6 Å². The Morgan fingerprint density at radius 2 is 1.89 bits per heavy atom. The SMILES string of the molecule is COc1ccc(NCCOCC(F)(F)F)c(OC)c1. The maximum atomic E-state index is 11.8. The monoisotopic (exact) mass is 279 g/mol. The molecule has 0 heterocycles. The summed E-state index contributed by atoms with van der Waals surface area (Å²) in [6.45, 7) is -1.04. The van der Waals surface area contributed by atoms with E-state index < -0.39 is 12.8 Å². The molecule has 0 unspecified atom stereocenters. The van der Waals surface area contributed by atoms with E-state index in [0.717, 1.165) is 0 Å². The molecule has 4 nitrogen and oxygen atoms in total. The fourth-order valence-electron chi connectivity index (χ4n) is 1.39. The third kappa shape index (κ3) is 5.69. The van der Waals surface area contributed by atoms with Crippen LogP contribution in [0.15, 0.2) is 18.2 Å². The summed E-state index contributed by atoms with van der Waals surface area (Å²) < 4.78 is 50.1. The van der Waals surface area contributed by atoms with Gasteiger partial charge in [-0.3, -0.25) is 0 Å². The summed E-state index contributed by atoms with van der Waals surface area (Å²) >= 11 is 0. The lowest BCUT2D eigenvalue weighted by Crippen LogP contribution is -2.20. The first-order chi connectivity index (χ1) is 8.96. The fraction of sp³-hybridized carbons (Fsp3) is 0.500. The highest BCUT2D eigenvalue weighted by Crippen LogP contribution is 2.28. The highest BCUT2D eigenvalue weighted by Gasteiger charge is 2.27. The minimum absolute atomic E-state index is 0.0469. The first kappa shape index (κ1) is 15.4. The Balaban J connectivity index is 2.41. The molecule has 0 bridgehead atoms. The quantitative estimate of drug-likeness (QED) is 0.779. The van der Waals surface area contributed by atoms with Crippen LogP contribution in [0, 0.1) is 0 Å². The van der Waals surface area contributed by atoms with E-state index >= 15 is 0 Å². The zero-order valence-corrected chi connectivity index (χ0v) is 10.7. The van der Waals surface area contributed by atoms with Gasteiger partial charge in [0.1, 0.15) is 18.1 Å². The first-order valence-electron chi connectivity index (χ1n) is 5.56. The summed E-state index contributed by atoms with van der Waals surface area (Å²) in [4.78, 5) is 0. The molecule has 0 spiro atoms. The topological polar surface area (TPSA) is 39.7 Å². The van der Waals surface area contributed by atoms with Crippen LogP contribution in [-0.2, 0) is 4.74 Å². The molecular formula is C12H16F3NO3. The third-order valence-corrected chi connectivity index (χ3v) is 2.24. The predicted molar refractivity (Wildman–Crippen MR) is 64.9 cm³/mol. The lowest BCUT2D eigenvalue weighted by molar-refractivity contribution is -0.172. The van der Waals surface area contributed by atoms with Crippen LogP contribution in [0.4, 0.5) is 18.9 Å². The molecule has 0 aliphatic rings. The largest absolute Gasteiger partial charge is 0.497 e. The van der Waals surface area contributed by atoms with E-state index in [0.29, 0.717) is 17.2 Å². The molecule has 1 aromatic rings. The standard InChI is InChI=1S/C12H16F3NO3/c1-17-9-3-4-10(11(7-9)18-2)16-5-6-19-8-12(13,14)15/h3-4,7,16H,5-6,8H2,1-2H3. The number of nitrogens with one attached hydrogen (secondary N) is 1. The second-order valence-electron chi connectivity index (χ2n) is 3.66. The highest BCUT2D eigenvalue weighted by atomic mass is 19.4. The Labute approximate surface area is 109 Å². The number of alkyl halides is 3. The number of hydrogen-bond acceptors (Lipinski definition) is 4. The Morgan fingerprint density at radius 1 is 1.16 bits per heavy atom. The molecule has 0 aliphatic carbocycles. The van der Waals surface area contributed by atoms with Crippen LogP contribution in [0.5, 0.6) is 11.5 Å². The summed E-state index contributed by atoms with van der Waals surface area (Å²) in [5.74, 6) is 1.19. The minimum atomic E-state index is -4.29. The summed E-state index contributed by atoms with van der Waals surface area (Å²) in [5, 5.41) is 2.93. The maximum Gasteiger partial charge on any atom is 0.411 e. The number of ether oxygens (including phenoxy) is 3. The highest BCUT2D eigenvalue weighted by molar-refractivity contribution is 5.59. The van der Waals surface area contributed by atoms with Crippen molar-refractivity contribution in [1.82, 2.24) is 0 Å². The van der Waals surface area contributed by atoms with Gasteiger partial charge < -0.3 is 19.5 Å². The third-order valence-electron chi connectivity index (χ3n) is 2.24. The van der Waals surface area contributed by atoms with Crippen LogP contribution >= 0.6 is 0 Å². The van der Waals surface area contributed by atoms with Crippen molar-refractivity contribution in [3.8, 4) is 11.5 Å². The van der Waals surface area contributed by atoms with Gasteiger partial charge >= 0.3 is 6.18 Å². The first-order valence-corrected chi connectivity index (χ1v) is 5.56. The lowest BCUT2D eigenvalue weighted by Gasteiger charge is -2.13. The molecule has 1 aromatic carbocycles. The zero-order chi connectivity index (χ0) is 14.3. The summed E-state index contributed by atoms with van der Waals surface area (Å²) in [5.41, 5.74) is 0.666. The molecule has 0 saturated heterocycles. The smallest absolute Gasteiger partial charge is 0.411 e. The van der Waals surface area contributed by atoms with Crippen molar-refractivity contribution in [3.05, 3.63) is 18.2 Å². The molecular weight excluding hydrogens is 263 g/mol. The second-order valence-corrected chi connectivity index (χ2v) is 3.66. The van der Waals surface area contributed by atoms with E-state index in [1.807, 2.05) is 0 Å². The summed E-state index contributed by atoms with van der Waals surface area (Å²) in [6, 6.07) is 5.13. The summed E-state index contributed by atoms with van der Waals surface area (Å²) in [6.07, 6.45) is -4.29. The van der Waals surface area contributed by atoms with Crippen molar-refractivity contribution in [1.29, 1.82) is 0 Å². The van der Waals surface area contributed by atoms with Crippen LogP contribution in [0.3, 0.4) is 0 Å². The Morgan fingerprint density at radius 3 is 2.47 bits per heavy atom. The van der Waals surface area contributed by atoms with Gasteiger partial charge in [-0.05, 0) is 12.1 Å². The Hall–Kier alpha value is -1.63. The molecule has 1 N–H and O–H groups in total. The molecule has 7 heteroatoms. The van der Waals surface area contributed by atoms with Gasteiger partial charge in [0.2, 0.25) is 0 Å². The molecule has 0 atom stereocenters. The number of benzene rings is 1. The molecule has 0 radical (unpaired) electrons. The zero-order valence-electron chi connectivity index (χ0n) is 10.7. The molecule has 0 aromatic heterocycles.